The molecule has 96 heavy (non-hydrogen) atoms. The molecule has 0 rings (SSSR count). The first-order valence-electron chi connectivity index (χ1n) is 36.8. The second-order valence-electron chi connectivity index (χ2n) is 24.1. The van der Waals surface area contributed by atoms with Gasteiger partial charge in [-0.1, -0.05) is 258 Å². The van der Waals surface area contributed by atoms with E-state index in [1.807, 2.05) is 12.2 Å². The number of aliphatic hydroxyl groups is 1. The number of hydrogen-bond donors (Lipinski definition) is 3. The van der Waals surface area contributed by atoms with E-state index in [4.69, 9.17) is 37.0 Å². The highest BCUT2D eigenvalue weighted by Crippen LogP contribution is 2.45. The number of phosphoric ester groups is 2. The van der Waals surface area contributed by atoms with Crippen LogP contribution in [0.4, 0.5) is 0 Å². The summed E-state index contributed by atoms with van der Waals surface area (Å²) in [5.74, 6) is -2.28. The zero-order chi connectivity index (χ0) is 70.4. The van der Waals surface area contributed by atoms with E-state index in [0.717, 1.165) is 161 Å². The summed E-state index contributed by atoms with van der Waals surface area (Å²) in [6.45, 7) is 4.46. The molecule has 0 aromatic carbocycles. The lowest BCUT2D eigenvalue weighted by Gasteiger charge is -2.21. The van der Waals surface area contributed by atoms with E-state index in [0.29, 0.717) is 32.1 Å². The van der Waals surface area contributed by atoms with E-state index >= 15 is 0 Å². The van der Waals surface area contributed by atoms with E-state index in [2.05, 4.69) is 137 Å². The summed E-state index contributed by atoms with van der Waals surface area (Å²) in [6, 6.07) is 0. The zero-order valence-corrected chi connectivity index (χ0v) is 61.5. The quantitative estimate of drug-likeness (QED) is 0.0169. The Morgan fingerprint density at radius 1 is 0.302 bits per heavy atom. The monoisotopic (exact) mass is 1390 g/mol. The maximum atomic E-state index is 13.0. The van der Waals surface area contributed by atoms with Crippen molar-refractivity contribution >= 4 is 39.5 Å². The van der Waals surface area contributed by atoms with Gasteiger partial charge in [-0.25, -0.2) is 9.13 Å². The van der Waals surface area contributed by atoms with Gasteiger partial charge >= 0.3 is 39.5 Å². The fourth-order valence-electron chi connectivity index (χ4n) is 9.37. The fraction of sp³-hybridized carbons (Fsp3) is 0.688. The molecule has 0 aromatic rings. The Morgan fingerprint density at radius 3 is 0.917 bits per heavy atom. The number of aliphatic hydroxyl groups excluding tert-OH is 1. The molecule has 0 aliphatic rings. The number of ether oxygens (including phenoxy) is 4. The number of esters is 4. The minimum atomic E-state index is -4.98. The molecular formula is C77H130O17P2. The van der Waals surface area contributed by atoms with Gasteiger partial charge in [0, 0.05) is 25.7 Å². The lowest BCUT2D eigenvalue weighted by Crippen LogP contribution is -2.30. The summed E-state index contributed by atoms with van der Waals surface area (Å²) >= 11 is 0. The molecule has 550 valence electrons. The molecule has 0 aromatic heterocycles. The first-order valence-corrected chi connectivity index (χ1v) is 39.8. The van der Waals surface area contributed by atoms with Crippen molar-refractivity contribution in [3.63, 3.8) is 0 Å². The summed E-state index contributed by atoms with van der Waals surface area (Å²) < 4.78 is 68.3. The van der Waals surface area contributed by atoms with Gasteiger partial charge in [0.1, 0.15) is 19.3 Å². The van der Waals surface area contributed by atoms with Crippen LogP contribution in [0, 0.1) is 0 Å². The van der Waals surface area contributed by atoms with Crippen LogP contribution in [0.2, 0.25) is 0 Å². The van der Waals surface area contributed by atoms with Crippen molar-refractivity contribution < 1.29 is 80.2 Å². The number of rotatable bonds is 68. The van der Waals surface area contributed by atoms with Crippen LogP contribution < -0.4 is 0 Å². The van der Waals surface area contributed by atoms with Gasteiger partial charge in [0.25, 0.3) is 0 Å². The van der Waals surface area contributed by atoms with Crippen molar-refractivity contribution in [3.8, 4) is 0 Å². The van der Waals surface area contributed by atoms with E-state index in [1.54, 1.807) is 0 Å². The van der Waals surface area contributed by atoms with Crippen LogP contribution in [0.1, 0.15) is 285 Å². The number of carbonyl (C=O) groups is 4. The van der Waals surface area contributed by atoms with E-state index < -0.39 is 97.5 Å². The van der Waals surface area contributed by atoms with Crippen LogP contribution in [0.15, 0.2) is 122 Å². The lowest BCUT2D eigenvalue weighted by atomic mass is 10.1. The topological polar surface area (TPSA) is 237 Å². The Hall–Kier alpha value is -4.54. The fourth-order valence-corrected chi connectivity index (χ4v) is 10.9. The SMILES string of the molecule is CC/C=C\C/C=C\C/C=C\C/C=C\C/C=C\CCCC(=O)OCC(COP(=O)(O)OCC(O)COP(=O)(O)OCC(COC(=O)CCCCCCC/C=C\C/C=C\C/C=C\CC)OC(=O)CCCCCCC/C=C\C/C=C\CCC)OC(=O)CCCCCCCCCCCCC. The van der Waals surface area contributed by atoms with Gasteiger partial charge in [-0.3, -0.25) is 37.3 Å². The number of allylic oxidation sites excluding steroid dienone is 20. The summed E-state index contributed by atoms with van der Waals surface area (Å²) in [4.78, 5) is 72.7. The Kier molecular flexibility index (Phi) is 65.7. The van der Waals surface area contributed by atoms with Crippen LogP contribution in [-0.2, 0) is 65.4 Å². The minimum Gasteiger partial charge on any atom is -0.462 e. The molecule has 0 aliphatic heterocycles. The van der Waals surface area contributed by atoms with Gasteiger partial charge in [0.05, 0.1) is 26.4 Å². The molecule has 0 heterocycles. The van der Waals surface area contributed by atoms with Gasteiger partial charge in [0.15, 0.2) is 12.2 Å². The van der Waals surface area contributed by atoms with Crippen LogP contribution >= 0.6 is 15.6 Å². The average Bonchev–Trinajstić information content (AvgIpc) is 1.13. The Morgan fingerprint density at radius 2 is 0.573 bits per heavy atom. The highest BCUT2D eigenvalue weighted by molar-refractivity contribution is 7.47. The summed E-state index contributed by atoms with van der Waals surface area (Å²) in [7, 11) is -9.97. The molecule has 0 aliphatic carbocycles. The van der Waals surface area contributed by atoms with Crippen molar-refractivity contribution in [2.24, 2.45) is 0 Å². The molecule has 3 N–H and O–H groups in total. The summed E-state index contributed by atoms with van der Waals surface area (Å²) in [5, 5.41) is 10.6. The molecule has 0 saturated heterocycles. The molecule has 0 spiro atoms. The molecule has 0 fully saturated rings. The first kappa shape index (κ1) is 91.5. The molecule has 5 atom stereocenters. The van der Waals surface area contributed by atoms with Gasteiger partial charge in [-0.05, 0) is 122 Å². The highest BCUT2D eigenvalue weighted by Gasteiger charge is 2.30. The predicted octanol–water partition coefficient (Wildman–Crippen LogP) is 20.8. The summed E-state index contributed by atoms with van der Waals surface area (Å²) in [5.41, 5.74) is 0. The Bertz CT molecular complexity index is 2300. The molecule has 5 unspecified atom stereocenters. The number of unbranched alkanes of at least 4 members (excludes halogenated alkanes) is 22. The summed E-state index contributed by atoms with van der Waals surface area (Å²) in [6.07, 6.45) is 73.5. The molecule has 0 amide bonds. The normalized spacial score (nSPS) is 14.7. The Balaban J connectivity index is 5.38. The largest absolute Gasteiger partial charge is 0.472 e. The maximum Gasteiger partial charge on any atom is 0.472 e. The molecule has 19 heteroatoms. The average molecular weight is 1390 g/mol. The predicted molar refractivity (Wildman–Crippen MR) is 390 cm³/mol. The third-order valence-corrected chi connectivity index (χ3v) is 16.8. The zero-order valence-electron chi connectivity index (χ0n) is 59.8. The van der Waals surface area contributed by atoms with Crippen LogP contribution in [-0.4, -0.2) is 96.7 Å². The Labute approximate surface area is 581 Å². The third-order valence-electron chi connectivity index (χ3n) is 14.9. The van der Waals surface area contributed by atoms with Gasteiger partial charge in [-0.2, -0.15) is 0 Å². The third kappa shape index (κ3) is 68.0. The number of phosphoric acid groups is 2. The van der Waals surface area contributed by atoms with Crippen molar-refractivity contribution in [1.29, 1.82) is 0 Å². The molecule has 17 nitrogen and oxygen atoms in total. The van der Waals surface area contributed by atoms with E-state index in [1.165, 1.54) is 38.5 Å². The molecule has 0 saturated carbocycles. The van der Waals surface area contributed by atoms with Crippen LogP contribution in [0.3, 0.4) is 0 Å². The first-order chi connectivity index (χ1) is 46.7. The smallest absolute Gasteiger partial charge is 0.462 e. The van der Waals surface area contributed by atoms with Crippen molar-refractivity contribution in [3.05, 3.63) is 122 Å². The standard InChI is InChI=1S/C77H130O17P2/c1-5-9-13-17-21-25-29-32-34-35-37-40-43-46-50-54-58-62-75(80)87-67-72(93-76(81)63-59-55-51-47-41-28-24-20-16-12-8-4)69-91-95(83,84)89-65-71(78)66-90-96(85,86)92-70-73(94-77(82)64-60-56-52-48-44-38-31-27-23-19-15-11-7-3)68-88-74(79)61-57-53-49-45-42-39-36-33-30-26-22-18-14-10-6-2/h9-10,13-15,19,21-22,25-27,31-34,36-37,40,46,50,71-73,78H,5-8,11-12,16-18,20,23-24,28-30,35,38-39,41-45,47-49,51-70H2,1-4H3,(H,83,84)(H,85,86)/b13-9-,14-10-,19-15-,25-21-,26-22-,31-27-,34-32-,36-33-,40-37-,50-46-. The van der Waals surface area contributed by atoms with E-state index in [-0.39, 0.29) is 25.7 Å². The second kappa shape index (κ2) is 69.0. The highest BCUT2D eigenvalue weighted by atomic mass is 31.2. The second-order valence-corrected chi connectivity index (χ2v) is 27.0. The molecule has 0 radical (unpaired) electrons. The van der Waals surface area contributed by atoms with Gasteiger partial charge in [0.2, 0.25) is 0 Å². The number of carbonyl (C=O) groups excluding carboxylic acids is 4. The molecule has 0 bridgehead atoms. The number of hydrogen-bond acceptors (Lipinski definition) is 15. The van der Waals surface area contributed by atoms with Gasteiger partial charge in [-0.15, -0.1) is 0 Å². The van der Waals surface area contributed by atoms with Crippen LogP contribution in [0.25, 0.3) is 0 Å². The minimum absolute atomic E-state index is 0.0718. The van der Waals surface area contributed by atoms with Gasteiger partial charge < -0.3 is 33.8 Å². The van der Waals surface area contributed by atoms with E-state index in [9.17, 15) is 43.2 Å². The van der Waals surface area contributed by atoms with Crippen molar-refractivity contribution in [2.75, 3.05) is 39.6 Å². The lowest BCUT2D eigenvalue weighted by molar-refractivity contribution is -0.161. The van der Waals surface area contributed by atoms with Crippen molar-refractivity contribution in [2.45, 2.75) is 303 Å². The maximum absolute atomic E-state index is 13.0. The van der Waals surface area contributed by atoms with Crippen LogP contribution in [0.5, 0.6) is 0 Å². The van der Waals surface area contributed by atoms with Crippen molar-refractivity contribution in [1.82, 2.24) is 0 Å². The molecular weight excluding hydrogens is 1260 g/mol.